The highest BCUT2D eigenvalue weighted by Crippen LogP contribution is 2.26. The molecule has 1 amide bonds. The van der Waals surface area contributed by atoms with Crippen LogP contribution in [0.4, 0.5) is 0 Å². The summed E-state index contributed by atoms with van der Waals surface area (Å²) in [6, 6.07) is 10.3. The van der Waals surface area contributed by atoms with E-state index in [2.05, 4.69) is 15.3 Å². The fourth-order valence-corrected chi connectivity index (χ4v) is 3.95. The Morgan fingerprint density at radius 2 is 1.96 bits per heavy atom. The van der Waals surface area contributed by atoms with E-state index in [4.69, 9.17) is 0 Å². The number of thiazole rings is 1. The van der Waals surface area contributed by atoms with Crippen LogP contribution in [0.15, 0.2) is 42.0 Å². The molecule has 0 unspecified atom stereocenters. The van der Waals surface area contributed by atoms with Crippen molar-refractivity contribution >= 4 is 17.2 Å². The third-order valence-corrected chi connectivity index (χ3v) is 5.56. The molecule has 3 aromatic rings. The summed E-state index contributed by atoms with van der Waals surface area (Å²) in [6.07, 6.45) is 3.78. The van der Waals surface area contributed by atoms with Crippen LogP contribution in [0.25, 0.3) is 11.3 Å². The van der Waals surface area contributed by atoms with Crippen molar-refractivity contribution in [2.45, 2.75) is 25.8 Å². The van der Waals surface area contributed by atoms with Gasteiger partial charge >= 0.3 is 0 Å². The maximum Gasteiger partial charge on any atom is 0.265 e. The molecule has 0 atom stereocenters. The molecule has 4 rings (SSSR count). The van der Waals surface area contributed by atoms with E-state index >= 15 is 0 Å². The zero-order valence-corrected chi connectivity index (χ0v) is 14.8. The Labute approximate surface area is 150 Å². The predicted molar refractivity (Wildman–Crippen MR) is 96.5 cm³/mol. The molecule has 1 aliphatic rings. The molecule has 128 valence electrons. The van der Waals surface area contributed by atoms with Crippen LogP contribution in [-0.4, -0.2) is 43.9 Å². The van der Waals surface area contributed by atoms with E-state index in [-0.39, 0.29) is 11.9 Å². The number of aryl methyl sites for hydroxylation is 1. The summed E-state index contributed by atoms with van der Waals surface area (Å²) in [5.41, 5.74) is 4.51. The second-order valence-electron chi connectivity index (χ2n) is 6.24. The van der Waals surface area contributed by atoms with Crippen molar-refractivity contribution in [1.82, 2.24) is 24.9 Å². The molecule has 1 aliphatic heterocycles. The van der Waals surface area contributed by atoms with Gasteiger partial charge in [-0.3, -0.25) is 4.79 Å². The van der Waals surface area contributed by atoms with Gasteiger partial charge in [0.15, 0.2) is 0 Å². The first-order valence-corrected chi connectivity index (χ1v) is 9.27. The number of carbonyl (C=O) groups is 1. The Kier molecular flexibility index (Phi) is 4.31. The summed E-state index contributed by atoms with van der Waals surface area (Å²) in [4.78, 5) is 19.4. The quantitative estimate of drug-likeness (QED) is 0.725. The molecule has 0 saturated carbocycles. The Morgan fingerprint density at radius 1 is 1.20 bits per heavy atom. The second kappa shape index (κ2) is 6.76. The summed E-state index contributed by atoms with van der Waals surface area (Å²) in [5.74, 6) is 0.0991. The average molecular weight is 353 g/mol. The van der Waals surface area contributed by atoms with Gasteiger partial charge in [0.2, 0.25) is 0 Å². The van der Waals surface area contributed by atoms with E-state index in [9.17, 15) is 4.79 Å². The van der Waals surface area contributed by atoms with Crippen LogP contribution in [0.3, 0.4) is 0 Å². The van der Waals surface area contributed by atoms with Crippen LogP contribution >= 0.6 is 11.3 Å². The standard InChI is InChI=1S/C18H19N5OS/c1-13-17(25-12-19-13)18(24)22-9-7-15(8-10-22)23-11-16(20-21-23)14-5-3-2-4-6-14/h2-6,11-12,15H,7-10H2,1H3. The molecule has 1 fully saturated rings. The smallest absolute Gasteiger partial charge is 0.265 e. The SMILES string of the molecule is Cc1ncsc1C(=O)N1CCC(n2cc(-c3ccccc3)nn2)CC1. The molecule has 2 aromatic heterocycles. The Hall–Kier alpha value is -2.54. The van der Waals surface area contributed by atoms with E-state index in [1.54, 1.807) is 5.51 Å². The third-order valence-electron chi connectivity index (χ3n) is 4.65. The number of hydrogen-bond donors (Lipinski definition) is 0. The minimum absolute atomic E-state index is 0.0991. The highest BCUT2D eigenvalue weighted by atomic mass is 32.1. The van der Waals surface area contributed by atoms with E-state index in [1.807, 2.05) is 53.0 Å². The van der Waals surface area contributed by atoms with Gasteiger partial charge < -0.3 is 4.90 Å². The topological polar surface area (TPSA) is 63.9 Å². The Balaban J connectivity index is 1.42. The van der Waals surface area contributed by atoms with Gasteiger partial charge in [-0.05, 0) is 19.8 Å². The molecule has 0 radical (unpaired) electrons. The normalized spacial score (nSPS) is 15.5. The van der Waals surface area contributed by atoms with Gasteiger partial charge in [0.25, 0.3) is 5.91 Å². The van der Waals surface area contributed by atoms with E-state index in [0.717, 1.165) is 47.8 Å². The molecule has 0 spiro atoms. The summed E-state index contributed by atoms with van der Waals surface area (Å²) in [5, 5.41) is 8.60. The minimum atomic E-state index is 0.0991. The predicted octanol–water partition coefficient (Wildman–Crippen LogP) is 3.19. The number of hydrogen-bond acceptors (Lipinski definition) is 5. The summed E-state index contributed by atoms with van der Waals surface area (Å²) in [6.45, 7) is 3.36. The van der Waals surface area contributed by atoms with Crippen LogP contribution in [0, 0.1) is 6.92 Å². The zero-order chi connectivity index (χ0) is 17.2. The van der Waals surface area contributed by atoms with Crippen LogP contribution in [0.2, 0.25) is 0 Å². The average Bonchev–Trinajstić information content (AvgIpc) is 3.31. The van der Waals surface area contributed by atoms with Crippen molar-refractivity contribution in [2.75, 3.05) is 13.1 Å². The molecule has 1 saturated heterocycles. The van der Waals surface area contributed by atoms with E-state index in [1.165, 1.54) is 11.3 Å². The molecular weight excluding hydrogens is 334 g/mol. The molecule has 25 heavy (non-hydrogen) atoms. The number of nitrogens with zero attached hydrogens (tertiary/aromatic N) is 5. The van der Waals surface area contributed by atoms with Crippen molar-refractivity contribution in [3.63, 3.8) is 0 Å². The first-order chi connectivity index (χ1) is 12.2. The first-order valence-electron chi connectivity index (χ1n) is 8.39. The summed E-state index contributed by atoms with van der Waals surface area (Å²) in [7, 11) is 0. The van der Waals surface area contributed by atoms with Crippen molar-refractivity contribution in [3.05, 3.63) is 52.6 Å². The van der Waals surface area contributed by atoms with Gasteiger partial charge in [0, 0.05) is 18.7 Å². The Morgan fingerprint density at radius 3 is 2.64 bits per heavy atom. The van der Waals surface area contributed by atoms with Gasteiger partial charge in [-0.15, -0.1) is 16.4 Å². The fourth-order valence-electron chi connectivity index (χ4n) is 3.18. The van der Waals surface area contributed by atoms with Crippen LogP contribution in [0.5, 0.6) is 0 Å². The lowest BCUT2D eigenvalue weighted by Crippen LogP contribution is -2.39. The van der Waals surface area contributed by atoms with Crippen LogP contribution < -0.4 is 0 Å². The summed E-state index contributed by atoms with van der Waals surface area (Å²) >= 11 is 1.42. The first kappa shape index (κ1) is 16.0. The molecular formula is C18H19N5OS. The van der Waals surface area contributed by atoms with Gasteiger partial charge in [-0.25, -0.2) is 9.67 Å². The highest BCUT2D eigenvalue weighted by Gasteiger charge is 2.27. The zero-order valence-electron chi connectivity index (χ0n) is 14.0. The minimum Gasteiger partial charge on any atom is -0.338 e. The number of amides is 1. The lowest BCUT2D eigenvalue weighted by molar-refractivity contribution is 0.0693. The molecule has 7 heteroatoms. The number of aromatic nitrogens is 4. The third kappa shape index (κ3) is 3.19. The molecule has 6 nitrogen and oxygen atoms in total. The fraction of sp³-hybridized carbons (Fsp3) is 0.333. The molecule has 0 aliphatic carbocycles. The number of carbonyl (C=O) groups excluding carboxylic acids is 1. The van der Waals surface area contributed by atoms with Gasteiger partial charge in [-0.2, -0.15) is 0 Å². The second-order valence-corrected chi connectivity index (χ2v) is 7.09. The molecule has 0 N–H and O–H groups in total. The lowest BCUT2D eigenvalue weighted by atomic mass is 10.0. The van der Waals surface area contributed by atoms with Crippen LogP contribution in [-0.2, 0) is 0 Å². The lowest BCUT2D eigenvalue weighted by Gasteiger charge is -2.31. The van der Waals surface area contributed by atoms with Crippen molar-refractivity contribution in [3.8, 4) is 11.3 Å². The number of likely N-dealkylation sites (tertiary alicyclic amines) is 1. The maximum absolute atomic E-state index is 12.6. The van der Waals surface area contributed by atoms with Crippen molar-refractivity contribution in [1.29, 1.82) is 0 Å². The summed E-state index contributed by atoms with van der Waals surface area (Å²) < 4.78 is 1.95. The number of rotatable bonds is 3. The monoisotopic (exact) mass is 353 g/mol. The number of piperidine rings is 1. The largest absolute Gasteiger partial charge is 0.338 e. The van der Waals surface area contributed by atoms with Gasteiger partial charge in [0.05, 0.1) is 23.4 Å². The van der Waals surface area contributed by atoms with Crippen molar-refractivity contribution < 1.29 is 4.79 Å². The number of benzene rings is 1. The highest BCUT2D eigenvalue weighted by molar-refractivity contribution is 7.11. The van der Waals surface area contributed by atoms with Gasteiger partial charge in [0.1, 0.15) is 10.6 Å². The molecule has 3 heterocycles. The van der Waals surface area contributed by atoms with Crippen LogP contribution in [0.1, 0.15) is 34.2 Å². The molecule has 1 aromatic carbocycles. The van der Waals surface area contributed by atoms with E-state index < -0.39 is 0 Å². The Bertz CT molecular complexity index is 864. The maximum atomic E-state index is 12.6. The van der Waals surface area contributed by atoms with Crippen molar-refractivity contribution in [2.24, 2.45) is 0 Å². The van der Waals surface area contributed by atoms with E-state index in [0.29, 0.717) is 0 Å². The van der Waals surface area contributed by atoms with Gasteiger partial charge in [-0.1, -0.05) is 35.5 Å². The molecule has 0 bridgehead atoms.